The van der Waals surface area contributed by atoms with Gasteiger partial charge in [-0.1, -0.05) is 0 Å². The lowest BCUT2D eigenvalue weighted by Crippen LogP contribution is -2.38. The van der Waals surface area contributed by atoms with Crippen LogP contribution in [-0.2, 0) is 0 Å². The molecule has 1 aliphatic rings. The second kappa shape index (κ2) is 6.62. The minimum atomic E-state index is -0.708. The number of nitrogens with zero attached hydrogens (tertiary/aromatic N) is 1. The molecule has 1 amide bonds. The number of hydrogen-bond donors (Lipinski definition) is 2. The Labute approximate surface area is 121 Å². The molecule has 2 rings (SSSR count). The Morgan fingerprint density at radius 2 is 2.33 bits per heavy atom. The van der Waals surface area contributed by atoms with Crippen LogP contribution in [0, 0.1) is 28.8 Å². The molecule has 21 heavy (non-hydrogen) atoms. The quantitative estimate of drug-likeness (QED) is 0.655. The predicted molar refractivity (Wildman–Crippen MR) is 75.7 cm³/mol. The van der Waals surface area contributed by atoms with Crippen LogP contribution in [0.4, 0.5) is 10.1 Å². The van der Waals surface area contributed by atoms with Crippen LogP contribution in [0.25, 0.3) is 0 Å². The molecule has 0 aliphatic carbocycles. The average Bonchev–Trinajstić information content (AvgIpc) is 2.48. The lowest BCUT2D eigenvalue weighted by Gasteiger charge is -2.22. The number of amides is 1. The number of non-ortho nitro benzene ring substituents is 1. The number of carbonyl (C=O) groups is 1. The van der Waals surface area contributed by atoms with Crippen LogP contribution in [-0.4, -0.2) is 30.5 Å². The van der Waals surface area contributed by atoms with Crippen LogP contribution in [0.5, 0.6) is 0 Å². The Balaban J connectivity index is 2.09. The molecule has 1 aromatic rings. The van der Waals surface area contributed by atoms with Gasteiger partial charge in [-0.2, -0.15) is 0 Å². The Morgan fingerprint density at radius 1 is 1.57 bits per heavy atom. The zero-order chi connectivity index (χ0) is 15.4. The van der Waals surface area contributed by atoms with Crippen molar-refractivity contribution in [3.8, 4) is 0 Å². The van der Waals surface area contributed by atoms with E-state index in [4.69, 9.17) is 0 Å². The largest absolute Gasteiger partial charge is 0.352 e. The number of rotatable bonds is 4. The van der Waals surface area contributed by atoms with E-state index in [0.717, 1.165) is 38.1 Å². The Bertz CT molecular complexity index is 557. The van der Waals surface area contributed by atoms with Gasteiger partial charge in [0.25, 0.3) is 11.6 Å². The van der Waals surface area contributed by atoms with Crippen LogP contribution < -0.4 is 10.6 Å². The van der Waals surface area contributed by atoms with Crippen molar-refractivity contribution in [1.29, 1.82) is 0 Å². The number of piperidine rings is 1. The number of nitro benzene ring substituents is 1. The first-order valence-corrected chi connectivity index (χ1v) is 6.92. The van der Waals surface area contributed by atoms with Crippen LogP contribution in [0.15, 0.2) is 12.1 Å². The molecule has 1 aromatic carbocycles. The molecular weight excluding hydrogens is 277 g/mol. The fourth-order valence-electron chi connectivity index (χ4n) is 2.45. The topological polar surface area (TPSA) is 84.3 Å². The van der Waals surface area contributed by atoms with E-state index in [-0.39, 0.29) is 16.8 Å². The van der Waals surface area contributed by atoms with Crippen molar-refractivity contribution < 1.29 is 14.1 Å². The average molecular weight is 295 g/mol. The van der Waals surface area contributed by atoms with E-state index in [1.54, 1.807) is 0 Å². The third kappa shape index (κ3) is 3.75. The molecule has 0 saturated carbocycles. The number of nitro groups is 1. The fraction of sp³-hybridized carbons (Fsp3) is 0.500. The van der Waals surface area contributed by atoms with Crippen molar-refractivity contribution in [1.82, 2.24) is 10.6 Å². The summed E-state index contributed by atoms with van der Waals surface area (Å²) in [5.41, 5.74) is -0.461. The first-order valence-electron chi connectivity index (χ1n) is 6.92. The Morgan fingerprint density at radius 3 is 2.95 bits per heavy atom. The van der Waals surface area contributed by atoms with Gasteiger partial charge in [0, 0.05) is 18.7 Å². The van der Waals surface area contributed by atoms with Crippen LogP contribution >= 0.6 is 0 Å². The van der Waals surface area contributed by atoms with Crippen molar-refractivity contribution in [3.63, 3.8) is 0 Å². The van der Waals surface area contributed by atoms with Gasteiger partial charge in [-0.15, -0.1) is 0 Å². The molecule has 7 heteroatoms. The van der Waals surface area contributed by atoms with E-state index in [1.807, 2.05) is 0 Å². The van der Waals surface area contributed by atoms with Gasteiger partial charge < -0.3 is 10.6 Å². The minimum absolute atomic E-state index is 0.0914. The zero-order valence-electron chi connectivity index (χ0n) is 11.8. The zero-order valence-corrected chi connectivity index (χ0v) is 11.8. The standard InChI is InChI=1S/C14H18FN3O3/c1-9-5-11(18(20)21)6-12(13(9)15)14(19)17-8-10-3-2-4-16-7-10/h5-6,10,16H,2-4,7-8H2,1H3,(H,17,19). The summed E-state index contributed by atoms with van der Waals surface area (Å²) in [6.07, 6.45) is 2.05. The number of benzene rings is 1. The summed E-state index contributed by atoms with van der Waals surface area (Å²) < 4.78 is 14.0. The minimum Gasteiger partial charge on any atom is -0.352 e. The smallest absolute Gasteiger partial charge is 0.270 e. The predicted octanol–water partition coefficient (Wildman–Crippen LogP) is 1.77. The van der Waals surface area contributed by atoms with E-state index in [1.165, 1.54) is 6.92 Å². The fourth-order valence-corrected chi connectivity index (χ4v) is 2.45. The maximum absolute atomic E-state index is 14.0. The number of nitrogens with one attached hydrogen (secondary N) is 2. The van der Waals surface area contributed by atoms with Gasteiger partial charge in [0.15, 0.2) is 0 Å². The van der Waals surface area contributed by atoms with E-state index >= 15 is 0 Å². The summed E-state index contributed by atoms with van der Waals surface area (Å²) in [6.45, 7) is 3.64. The highest BCUT2D eigenvalue weighted by Crippen LogP contribution is 2.21. The van der Waals surface area contributed by atoms with Gasteiger partial charge in [-0.25, -0.2) is 4.39 Å². The lowest BCUT2D eigenvalue weighted by atomic mass is 9.99. The third-order valence-corrected chi connectivity index (χ3v) is 3.64. The van der Waals surface area contributed by atoms with Crippen molar-refractivity contribution in [2.24, 2.45) is 5.92 Å². The molecule has 1 aliphatic heterocycles. The molecule has 1 atom stereocenters. The molecule has 0 radical (unpaired) electrons. The van der Waals surface area contributed by atoms with Crippen LogP contribution in [0.3, 0.4) is 0 Å². The summed E-state index contributed by atoms with van der Waals surface area (Å²) in [4.78, 5) is 22.2. The second-order valence-electron chi connectivity index (χ2n) is 5.30. The van der Waals surface area contributed by atoms with E-state index in [0.29, 0.717) is 12.5 Å². The molecule has 0 spiro atoms. The summed E-state index contributed by atoms with van der Waals surface area (Å²) in [5, 5.41) is 16.7. The van der Waals surface area contributed by atoms with Crippen molar-refractivity contribution in [3.05, 3.63) is 39.2 Å². The lowest BCUT2D eigenvalue weighted by molar-refractivity contribution is -0.385. The van der Waals surface area contributed by atoms with Crippen LogP contribution in [0.2, 0.25) is 0 Å². The molecule has 1 saturated heterocycles. The molecule has 2 N–H and O–H groups in total. The number of hydrogen-bond acceptors (Lipinski definition) is 4. The maximum atomic E-state index is 14.0. The Kier molecular flexibility index (Phi) is 4.85. The van der Waals surface area contributed by atoms with Gasteiger partial charge in [-0.3, -0.25) is 14.9 Å². The normalized spacial score (nSPS) is 18.3. The third-order valence-electron chi connectivity index (χ3n) is 3.64. The van der Waals surface area contributed by atoms with Gasteiger partial charge in [0.05, 0.1) is 10.5 Å². The highest BCUT2D eigenvalue weighted by atomic mass is 19.1. The van der Waals surface area contributed by atoms with E-state index in [2.05, 4.69) is 10.6 Å². The molecule has 114 valence electrons. The summed E-state index contributed by atoms with van der Waals surface area (Å²) in [5.74, 6) is -1.00. The second-order valence-corrected chi connectivity index (χ2v) is 5.30. The van der Waals surface area contributed by atoms with E-state index in [9.17, 15) is 19.3 Å². The summed E-state index contributed by atoms with van der Waals surface area (Å²) in [6, 6.07) is 2.11. The molecule has 0 bridgehead atoms. The molecule has 1 heterocycles. The highest BCUT2D eigenvalue weighted by Gasteiger charge is 2.21. The molecule has 1 fully saturated rings. The van der Waals surface area contributed by atoms with Crippen molar-refractivity contribution in [2.75, 3.05) is 19.6 Å². The van der Waals surface area contributed by atoms with E-state index < -0.39 is 16.6 Å². The molecular formula is C14H18FN3O3. The number of halogens is 1. The monoisotopic (exact) mass is 295 g/mol. The van der Waals surface area contributed by atoms with Gasteiger partial charge in [0.1, 0.15) is 5.82 Å². The molecule has 6 nitrogen and oxygen atoms in total. The van der Waals surface area contributed by atoms with Crippen molar-refractivity contribution in [2.45, 2.75) is 19.8 Å². The molecule has 1 unspecified atom stereocenters. The van der Waals surface area contributed by atoms with Gasteiger partial charge in [0.2, 0.25) is 0 Å². The van der Waals surface area contributed by atoms with Gasteiger partial charge in [-0.05, 0) is 44.3 Å². The first-order chi connectivity index (χ1) is 9.99. The Hall–Kier alpha value is -2.02. The van der Waals surface area contributed by atoms with Crippen molar-refractivity contribution >= 4 is 11.6 Å². The van der Waals surface area contributed by atoms with Gasteiger partial charge >= 0.3 is 0 Å². The summed E-state index contributed by atoms with van der Waals surface area (Å²) >= 11 is 0. The molecule has 0 aromatic heterocycles. The number of carbonyl (C=O) groups excluding carboxylic acids is 1. The summed E-state index contributed by atoms with van der Waals surface area (Å²) in [7, 11) is 0. The van der Waals surface area contributed by atoms with Crippen LogP contribution in [0.1, 0.15) is 28.8 Å². The maximum Gasteiger partial charge on any atom is 0.270 e. The first kappa shape index (κ1) is 15.4. The highest BCUT2D eigenvalue weighted by molar-refractivity contribution is 5.95. The SMILES string of the molecule is Cc1cc([N+](=O)[O-])cc(C(=O)NCC2CCCNC2)c1F. The number of aryl methyl sites for hydroxylation is 1.